The minimum Gasteiger partial charge on any atom is -0.363 e. The highest BCUT2D eigenvalue weighted by Crippen LogP contribution is 2.38. The molecule has 1 unspecified atom stereocenters. The first-order valence-corrected chi connectivity index (χ1v) is 8.21. The molecule has 1 saturated carbocycles. The van der Waals surface area contributed by atoms with Crippen LogP contribution in [0.15, 0.2) is 30.5 Å². The van der Waals surface area contributed by atoms with Crippen LogP contribution in [0.5, 0.6) is 0 Å². The third kappa shape index (κ3) is 3.04. The van der Waals surface area contributed by atoms with E-state index in [1.807, 2.05) is 18.3 Å². The summed E-state index contributed by atoms with van der Waals surface area (Å²) in [5, 5.41) is 6.38. The third-order valence-corrected chi connectivity index (χ3v) is 4.51. The molecule has 1 aliphatic heterocycles. The topological polar surface area (TPSA) is 66.9 Å². The average Bonchev–Trinajstić information content (AvgIpc) is 3.39. The molecule has 2 aromatic rings. The Balaban J connectivity index is 1.51. The van der Waals surface area contributed by atoms with Gasteiger partial charge in [0.2, 0.25) is 5.91 Å². The number of nitrogens with one attached hydrogen (secondary N) is 2. The lowest BCUT2D eigenvalue weighted by molar-refractivity contribution is -0.116. The number of aromatic nitrogens is 2. The monoisotopic (exact) mass is 308 g/mol. The molecule has 118 valence electrons. The SMILES string of the molecule is CC(Nc1ccnc(C2CC2)n1)c1ccc2c(c1)CCC(=O)N2. The lowest BCUT2D eigenvalue weighted by atomic mass is 9.98. The predicted molar refractivity (Wildman–Crippen MR) is 89.4 cm³/mol. The van der Waals surface area contributed by atoms with Crippen LogP contribution in [0.2, 0.25) is 0 Å². The fourth-order valence-electron chi connectivity index (χ4n) is 2.97. The first-order chi connectivity index (χ1) is 11.2. The number of amides is 1. The van der Waals surface area contributed by atoms with Gasteiger partial charge in [-0.15, -0.1) is 0 Å². The van der Waals surface area contributed by atoms with E-state index in [1.54, 1.807) is 0 Å². The number of benzene rings is 1. The van der Waals surface area contributed by atoms with E-state index in [2.05, 4.69) is 39.7 Å². The summed E-state index contributed by atoms with van der Waals surface area (Å²) >= 11 is 0. The maximum atomic E-state index is 11.4. The zero-order valence-electron chi connectivity index (χ0n) is 13.2. The van der Waals surface area contributed by atoms with Crippen molar-refractivity contribution < 1.29 is 4.79 Å². The summed E-state index contributed by atoms with van der Waals surface area (Å²) < 4.78 is 0. The van der Waals surface area contributed by atoms with Gasteiger partial charge in [0, 0.05) is 30.3 Å². The Kier molecular flexibility index (Phi) is 3.48. The number of hydrogen-bond acceptors (Lipinski definition) is 4. The molecule has 0 spiro atoms. The summed E-state index contributed by atoms with van der Waals surface area (Å²) in [5.74, 6) is 2.49. The van der Waals surface area contributed by atoms with Gasteiger partial charge in [-0.25, -0.2) is 9.97 Å². The van der Waals surface area contributed by atoms with Crippen LogP contribution in [-0.2, 0) is 11.2 Å². The van der Waals surface area contributed by atoms with E-state index in [0.717, 1.165) is 23.8 Å². The Morgan fingerprint density at radius 3 is 2.96 bits per heavy atom. The number of anilines is 2. The lowest BCUT2D eigenvalue weighted by Gasteiger charge is -2.20. The van der Waals surface area contributed by atoms with Crippen LogP contribution in [0.25, 0.3) is 0 Å². The van der Waals surface area contributed by atoms with E-state index < -0.39 is 0 Å². The van der Waals surface area contributed by atoms with E-state index in [0.29, 0.717) is 12.3 Å². The number of fused-ring (bicyclic) bond motifs is 1. The van der Waals surface area contributed by atoms with Crippen molar-refractivity contribution in [3.05, 3.63) is 47.4 Å². The van der Waals surface area contributed by atoms with E-state index in [4.69, 9.17) is 0 Å². The highest BCUT2D eigenvalue weighted by Gasteiger charge is 2.26. The van der Waals surface area contributed by atoms with Crippen LogP contribution in [0.1, 0.15) is 55.1 Å². The van der Waals surface area contributed by atoms with Gasteiger partial charge in [0.05, 0.1) is 0 Å². The third-order valence-electron chi connectivity index (χ3n) is 4.51. The zero-order chi connectivity index (χ0) is 15.8. The highest BCUT2D eigenvalue weighted by atomic mass is 16.1. The highest BCUT2D eigenvalue weighted by molar-refractivity contribution is 5.93. The van der Waals surface area contributed by atoms with Crippen molar-refractivity contribution in [2.75, 3.05) is 10.6 Å². The molecule has 2 N–H and O–H groups in total. The van der Waals surface area contributed by atoms with E-state index >= 15 is 0 Å². The summed E-state index contributed by atoms with van der Waals surface area (Å²) in [7, 11) is 0. The second-order valence-electron chi connectivity index (χ2n) is 6.41. The zero-order valence-corrected chi connectivity index (χ0v) is 13.2. The second-order valence-corrected chi connectivity index (χ2v) is 6.41. The van der Waals surface area contributed by atoms with Crippen molar-refractivity contribution in [3.63, 3.8) is 0 Å². The molecule has 2 aliphatic rings. The largest absolute Gasteiger partial charge is 0.363 e. The molecule has 1 aromatic heterocycles. The van der Waals surface area contributed by atoms with Crippen LogP contribution in [0, 0.1) is 0 Å². The fraction of sp³-hybridized carbons (Fsp3) is 0.389. The predicted octanol–water partition coefficient (Wildman–Crippen LogP) is 3.41. The van der Waals surface area contributed by atoms with E-state index in [-0.39, 0.29) is 11.9 Å². The number of aryl methyl sites for hydroxylation is 1. The Morgan fingerprint density at radius 2 is 2.13 bits per heavy atom. The molecule has 0 radical (unpaired) electrons. The standard InChI is InChI=1S/C18H20N4O/c1-11(20-16-8-9-19-18(22-16)12-2-3-12)13-4-6-15-14(10-13)5-7-17(23)21-15/h4,6,8-12H,2-3,5,7H2,1H3,(H,21,23)(H,19,20,22). The number of hydrogen-bond donors (Lipinski definition) is 2. The maximum absolute atomic E-state index is 11.4. The van der Waals surface area contributed by atoms with Crippen LogP contribution >= 0.6 is 0 Å². The quantitative estimate of drug-likeness (QED) is 0.908. The fourth-order valence-corrected chi connectivity index (χ4v) is 2.97. The Labute approximate surface area is 135 Å². The van der Waals surface area contributed by atoms with Gasteiger partial charge in [-0.05, 0) is 49.4 Å². The lowest BCUT2D eigenvalue weighted by Crippen LogP contribution is -2.19. The Bertz CT molecular complexity index is 754. The molecule has 2 heterocycles. The van der Waals surface area contributed by atoms with E-state index in [9.17, 15) is 4.79 Å². The summed E-state index contributed by atoms with van der Waals surface area (Å²) in [5.41, 5.74) is 3.35. The van der Waals surface area contributed by atoms with Gasteiger partial charge >= 0.3 is 0 Å². The van der Waals surface area contributed by atoms with Gasteiger partial charge in [0.1, 0.15) is 11.6 Å². The van der Waals surface area contributed by atoms with E-state index in [1.165, 1.54) is 24.0 Å². The first kappa shape index (κ1) is 14.2. The minimum atomic E-state index is 0.102. The molecule has 5 nitrogen and oxygen atoms in total. The molecule has 4 rings (SSSR count). The molecular formula is C18H20N4O. The smallest absolute Gasteiger partial charge is 0.224 e. The molecule has 23 heavy (non-hydrogen) atoms. The summed E-state index contributed by atoms with van der Waals surface area (Å²) in [6.45, 7) is 2.13. The van der Waals surface area contributed by atoms with Crippen LogP contribution in [0.3, 0.4) is 0 Å². The van der Waals surface area contributed by atoms with Crippen LogP contribution in [0.4, 0.5) is 11.5 Å². The van der Waals surface area contributed by atoms with Crippen LogP contribution in [-0.4, -0.2) is 15.9 Å². The van der Waals surface area contributed by atoms with Gasteiger partial charge in [0.15, 0.2) is 0 Å². The molecule has 1 atom stereocenters. The van der Waals surface area contributed by atoms with Crippen molar-refractivity contribution in [2.24, 2.45) is 0 Å². The minimum absolute atomic E-state index is 0.102. The Hall–Kier alpha value is -2.43. The van der Waals surface area contributed by atoms with Crippen molar-refractivity contribution in [3.8, 4) is 0 Å². The molecule has 0 bridgehead atoms. The maximum Gasteiger partial charge on any atom is 0.224 e. The summed E-state index contributed by atoms with van der Waals surface area (Å²) in [4.78, 5) is 20.4. The molecular weight excluding hydrogens is 288 g/mol. The van der Waals surface area contributed by atoms with Crippen LogP contribution < -0.4 is 10.6 Å². The second kappa shape index (κ2) is 5.65. The average molecular weight is 308 g/mol. The van der Waals surface area contributed by atoms with Crippen molar-refractivity contribution in [1.82, 2.24) is 9.97 Å². The van der Waals surface area contributed by atoms with Crippen molar-refractivity contribution in [2.45, 2.75) is 44.6 Å². The molecule has 5 heteroatoms. The summed E-state index contributed by atoms with van der Waals surface area (Å²) in [6.07, 6.45) is 5.61. The van der Waals surface area contributed by atoms with Crippen molar-refractivity contribution >= 4 is 17.4 Å². The molecule has 0 saturated heterocycles. The first-order valence-electron chi connectivity index (χ1n) is 8.21. The molecule has 1 aliphatic carbocycles. The Morgan fingerprint density at radius 1 is 1.26 bits per heavy atom. The van der Waals surface area contributed by atoms with Gasteiger partial charge < -0.3 is 10.6 Å². The van der Waals surface area contributed by atoms with Gasteiger partial charge in [-0.1, -0.05) is 12.1 Å². The normalized spacial score (nSPS) is 18.0. The molecule has 1 fully saturated rings. The number of carbonyl (C=O) groups is 1. The summed E-state index contributed by atoms with van der Waals surface area (Å²) in [6, 6.07) is 8.30. The van der Waals surface area contributed by atoms with Crippen molar-refractivity contribution in [1.29, 1.82) is 0 Å². The number of nitrogens with zero attached hydrogens (tertiary/aromatic N) is 2. The molecule has 1 amide bonds. The number of rotatable bonds is 4. The van der Waals surface area contributed by atoms with Gasteiger partial charge in [0.25, 0.3) is 0 Å². The van der Waals surface area contributed by atoms with Gasteiger partial charge in [-0.2, -0.15) is 0 Å². The number of carbonyl (C=O) groups excluding carboxylic acids is 1. The van der Waals surface area contributed by atoms with Gasteiger partial charge in [-0.3, -0.25) is 4.79 Å². The molecule has 1 aromatic carbocycles.